The summed E-state index contributed by atoms with van der Waals surface area (Å²) in [7, 11) is 0. The number of amides is 1. The number of hydrogen-bond acceptors (Lipinski definition) is 4. The Morgan fingerprint density at radius 3 is 2.53 bits per heavy atom. The molecule has 4 aromatic rings. The van der Waals surface area contributed by atoms with Gasteiger partial charge in [-0.05, 0) is 41.5 Å². The molecule has 0 bridgehead atoms. The second-order valence-electron chi connectivity index (χ2n) is 7.04. The van der Waals surface area contributed by atoms with Crippen molar-refractivity contribution in [2.75, 3.05) is 0 Å². The van der Waals surface area contributed by atoms with Crippen LogP contribution in [0.3, 0.4) is 0 Å². The first-order valence-corrected chi connectivity index (χ1v) is 10.8. The first kappa shape index (κ1) is 21.5. The van der Waals surface area contributed by atoms with Crippen LogP contribution in [0, 0.1) is 0 Å². The van der Waals surface area contributed by atoms with E-state index in [9.17, 15) is 4.79 Å². The zero-order chi connectivity index (χ0) is 22.2. The maximum absolute atomic E-state index is 12.4. The van der Waals surface area contributed by atoms with Crippen LogP contribution < -0.4 is 10.2 Å². The minimum atomic E-state index is -0.376. The fourth-order valence-corrected chi connectivity index (χ4v) is 3.28. The van der Waals surface area contributed by atoms with E-state index in [0.29, 0.717) is 24.6 Å². The van der Waals surface area contributed by atoms with Gasteiger partial charge in [-0.15, -0.1) is 0 Å². The van der Waals surface area contributed by atoms with Crippen LogP contribution in [0.5, 0.6) is 5.75 Å². The smallest absolute Gasteiger partial charge is 0.291 e. The molecule has 0 fully saturated rings. The van der Waals surface area contributed by atoms with E-state index in [2.05, 4.69) is 31.6 Å². The number of hydrazone groups is 1. The van der Waals surface area contributed by atoms with Crippen molar-refractivity contribution < 1.29 is 9.53 Å². The van der Waals surface area contributed by atoms with Gasteiger partial charge in [0.1, 0.15) is 12.4 Å². The summed E-state index contributed by atoms with van der Waals surface area (Å²) < 4.78 is 8.65. The first-order valence-electron chi connectivity index (χ1n) is 10.0. The summed E-state index contributed by atoms with van der Waals surface area (Å²) in [6, 6.07) is 27.1. The molecule has 1 N–H and O–H groups in total. The van der Waals surface area contributed by atoms with Crippen LogP contribution in [0.4, 0.5) is 0 Å². The van der Waals surface area contributed by atoms with Gasteiger partial charge < -0.3 is 4.74 Å². The number of benzene rings is 3. The highest BCUT2D eigenvalue weighted by molar-refractivity contribution is 9.10. The fourth-order valence-electron chi connectivity index (χ4n) is 3.02. The molecule has 0 aliphatic rings. The summed E-state index contributed by atoms with van der Waals surface area (Å²) in [5.41, 5.74) is 5.76. The highest BCUT2D eigenvalue weighted by Gasteiger charge is 2.09. The molecule has 7 heteroatoms. The molecule has 0 saturated heterocycles. The van der Waals surface area contributed by atoms with E-state index >= 15 is 0 Å². The SMILES string of the molecule is O=C(NN=Cc1ccccc1OCc1ccccc1)c1ccn(Cc2ccc(Br)cc2)n1. The normalized spacial score (nSPS) is 10.9. The molecule has 1 heterocycles. The van der Waals surface area contributed by atoms with E-state index in [-0.39, 0.29) is 5.91 Å². The minimum absolute atomic E-state index is 0.299. The van der Waals surface area contributed by atoms with Gasteiger partial charge in [-0.1, -0.05) is 70.5 Å². The summed E-state index contributed by atoms with van der Waals surface area (Å²) in [6.07, 6.45) is 3.34. The van der Waals surface area contributed by atoms with Crippen molar-refractivity contribution in [3.05, 3.63) is 118 Å². The number of rotatable bonds is 8. The van der Waals surface area contributed by atoms with Gasteiger partial charge in [0.25, 0.3) is 5.91 Å². The van der Waals surface area contributed by atoms with Crippen LogP contribution in [0.15, 0.2) is 101 Å². The Balaban J connectivity index is 1.34. The molecule has 0 radical (unpaired) electrons. The van der Waals surface area contributed by atoms with Crippen LogP contribution >= 0.6 is 15.9 Å². The van der Waals surface area contributed by atoms with E-state index in [4.69, 9.17) is 4.74 Å². The second-order valence-corrected chi connectivity index (χ2v) is 7.95. The molecular weight excluding hydrogens is 468 g/mol. The van der Waals surface area contributed by atoms with Crippen molar-refractivity contribution in [3.8, 4) is 5.75 Å². The Bertz CT molecular complexity index is 1200. The lowest BCUT2D eigenvalue weighted by molar-refractivity contribution is 0.0949. The minimum Gasteiger partial charge on any atom is -0.488 e. The zero-order valence-electron chi connectivity index (χ0n) is 17.2. The fraction of sp³-hybridized carbons (Fsp3) is 0.0800. The van der Waals surface area contributed by atoms with Crippen LogP contribution in [0.25, 0.3) is 0 Å². The van der Waals surface area contributed by atoms with E-state index < -0.39 is 0 Å². The third kappa shape index (κ3) is 5.92. The van der Waals surface area contributed by atoms with Crippen LogP contribution in [-0.4, -0.2) is 21.9 Å². The molecule has 160 valence electrons. The Morgan fingerprint density at radius 1 is 0.969 bits per heavy atom. The first-order chi connectivity index (χ1) is 15.7. The number of carbonyl (C=O) groups is 1. The van der Waals surface area contributed by atoms with Gasteiger partial charge >= 0.3 is 0 Å². The molecule has 0 atom stereocenters. The maximum Gasteiger partial charge on any atom is 0.291 e. The Labute approximate surface area is 194 Å². The van der Waals surface area contributed by atoms with Gasteiger partial charge in [-0.3, -0.25) is 9.48 Å². The third-order valence-corrected chi connectivity index (χ3v) is 5.19. The molecule has 4 rings (SSSR count). The van der Waals surface area contributed by atoms with Gasteiger partial charge in [-0.25, -0.2) is 5.43 Å². The molecule has 0 aliphatic heterocycles. The predicted molar refractivity (Wildman–Crippen MR) is 128 cm³/mol. The molecular formula is C25H21BrN4O2. The highest BCUT2D eigenvalue weighted by atomic mass is 79.9. The standard InChI is InChI=1S/C25H21BrN4O2/c26-22-12-10-19(11-13-22)17-30-15-14-23(29-30)25(31)28-27-16-21-8-4-5-9-24(21)32-18-20-6-2-1-3-7-20/h1-16H,17-18H2,(H,28,31). The zero-order valence-corrected chi connectivity index (χ0v) is 18.8. The van der Waals surface area contributed by atoms with Gasteiger partial charge in [0.2, 0.25) is 0 Å². The summed E-state index contributed by atoms with van der Waals surface area (Å²) in [5.74, 6) is 0.312. The average Bonchev–Trinajstić information content (AvgIpc) is 3.29. The van der Waals surface area contributed by atoms with Crippen molar-refractivity contribution in [2.24, 2.45) is 5.10 Å². The van der Waals surface area contributed by atoms with E-state index in [0.717, 1.165) is 21.2 Å². The van der Waals surface area contributed by atoms with Crippen molar-refractivity contribution in [3.63, 3.8) is 0 Å². The molecule has 0 spiro atoms. The molecule has 3 aromatic carbocycles. The number of nitrogens with zero attached hydrogens (tertiary/aromatic N) is 3. The third-order valence-electron chi connectivity index (χ3n) is 4.66. The maximum atomic E-state index is 12.4. The largest absolute Gasteiger partial charge is 0.488 e. The Kier molecular flexibility index (Phi) is 7.09. The number of para-hydroxylation sites is 1. The van der Waals surface area contributed by atoms with Crippen molar-refractivity contribution in [1.29, 1.82) is 0 Å². The summed E-state index contributed by atoms with van der Waals surface area (Å²) >= 11 is 3.42. The Hall–Kier alpha value is -3.71. The number of halogens is 1. The van der Waals surface area contributed by atoms with Crippen molar-refractivity contribution in [2.45, 2.75) is 13.2 Å². The van der Waals surface area contributed by atoms with Crippen LogP contribution in [0.2, 0.25) is 0 Å². The quantitative estimate of drug-likeness (QED) is 0.279. The number of carbonyl (C=O) groups excluding carboxylic acids is 1. The highest BCUT2D eigenvalue weighted by Crippen LogP contribution is 2.17. The van der Waals surface area contributed by atoms with E-state index in [1.165, 1.54) is 0 Å². The molecule has 32 heavy (non-hydrogen) atoms. The van der Waals surface area contributed by atoms with Gasteiger partial charge in [0, 0.05) is 16.2 Å². The second kappa shape index (κ2) is 10.5. The molecule has 6 nitrogen and oxygen atoms in total. The van der Waals surface area contributed by atoms with Crippen molar-refractivity contribution >= 4 is 28.1 Å². The summed E-state index contributed by atoms with van der Waals surface area (Å²) in [5, 5.41) is 8.41. The number of hydrogen-bond donors (Lipinski definition) is 1. The lowest BCUT2D eigenvalue weighted by atomic mass is 10.2. The van der Waals surface area contributed by atoms with Gasteiger partial charge in [0.15, 0.2) is 5.69 Å². The molecule has 0 unspecified atom stereocenters. The van der Waals surface area contributed by atoms with E-state index in [1.807, 2.05) is 78.9 Å². The topological polar surface area (TPSA) is 68.5 Å². The summed E-state index contributed by atoms with van der Waals surface area (Å²) in [6.45, 7) is 1.03. The Morgan fingerprint density at radius 2 is 1.72 bits per heavy atom. The number of nitrogens with one attached hydrogen (secondary N) is 1. The lowest BCUT2D eigenvalue weighted by Crippen LogP contribution is -2.18. The van der Waals surface area contributed by atoms with Crippen LogP contribution in [-0.2, 0) is 13.2 Å². The number of ether oxygens (including phenoxy) is 1. The van der Waals surface area contributed by atoms with Gasteiger partial charge in [-0.2, -0.15) is 10.2 Å². The average molecular weight is 489 g/mol. The van der Waals surface area contributed by atoms with E-state index in [1.54, 1.807) is 23.2 Å². The predicted octanol–water partition coefficient (Wildman–Crippen LogP) is 5.04. The molecule has 0 saturated carbocycles. The van der Waals surface area contributed by atoms with Gasteiger partial charge in [0.05, 0.1) is 12.8 Å². The molecule has 0 aliphatic carbocycles. The lowest BCUT2D eigenvalue weighted by Gasteiger charge is -2.08. The van der Waals surface area contributed by atoms with Crippen LogP contribution in [0.1, 0.15) is 27.2 Å². The monoisotopic (exact) mass is 488 g/mol. The molecule has 1 amide bonds. The molecule has 1 aromatic heterocycles. The summed E-state index contributed by atoms with van der Waals surface area (Å²) in [4.78, 5) is 12.4. The number of aromatic nitrogens is 2. The van der Waals surface area contributed by atoms with Crippen molar-refractivity contribution in [1.82, 2.24) is 15.2 Å².